The monoisotopic (exact) mass is 885 g/mol. The smallest absolute Gasteiger partial charge is 0.276 e. The highest BCUT2D eigenvalue weighted by atomic mass is 35.5. The van der Waals surface area contributed by atoms with Crippen molar-refractivity contribution in [2.75, 3.05) is 52.6 Å². The van der Waals surface area contributed by atoms with Crippen molar-refractivity contribution >= 4 is 34.2 Å². The molecule has 4 saturated heterocycles. The fourth-order valence-corrected chi connectivity index (χ4v) is 8.73. The van der Waals surface area contributed by atoms with Gasteiger partial charge in [-0.25, -0.2) is 38.9 Å². The number of nitrogens with zero attached hydrogens (tertiary/aromatic N) is 12. The van der Waals surface area contributed by atoms with E-state index in [1.54, 1.807) is 33.8 Å². The molecule has 326 valence electrons. The van der Waals surface area contributed by atoms with E-state index >= 15 is 0 Å². The number of H-pyrrole nitrogens is 2. The van der Waals surface area contributed by atoms with E-state index in [4.69, 9.17) is 48.1 Å². The number of hydrogen-bond donors (Lipinski definition) is 3. The first kappa shape index (κ1) is 43.4. The number of ether oxygens (including phenoxy) is 2. The molecule has 10 rings (SSSR count). The second-order valence-corrected chi connectivity index (χ2v) is 17.0. The van der Waals surface area contributed by atoms with Crippen LogP contribution >= 0.6 is 23.2 Å². The van der Waals surface area contributed by atoms with E-state index in [2.05, 4.69) is 63.9 Å². The molecule has 0 amide bonds. The molecule has 19 nitrogen and oxygen atoms in total. The van der Waals surface area contributed by atoms with Gasteiger partial charge in [-0.2, -0.15) is 15.5 Å². The number of nitriles is 1. The lowest BCUT2D eigenvalue weighted by Gasteiger charge is -2.21. The van der Waals surface area contributed by atoms with Gasteiger partial charge in [0, 0.05) is 94.5 Å². The molecule has 62 heavy (non-hydrogen) atoms. The van der Waals surface area contributed by atoms with Crippen LogP contribution < -0.4 is 16.4 Å². The minimum atomic E-state index is -0.156. The van der Waals surface area contributed by atoms with Crippen molar-refractivity contribution in [1.29, 1.82) is 5.26 Å². The summed E-state index contributed by atoms with van der Waals surface area (Å²) >= 11 is 10.9. The first-order valence-electron chi connectivity index (χ1n) is 21.0. The predicted molar refractivity (Wildman–Crippen MR) is 228 cm³/mol. The van der Waals surface area contributed by atoms with Crippen molar-refractivity contribution in [3.63, 3.8) is 0 Å². The molecule has 4 aliphatic rings. The Balaban J connectivity index is 0.000000147. The van der Waals surface area contributed by atoms with Crippen LogP contribution in [0.4, 0.5) is 0 Å². The number of alkyl halides is 1. The molecular weight excluding hydrogens is 837 g/mol. The topological polar surface area (TPSA) is 235 Å². The SMILES string of the molecule is CC1CN(Cc2ncc(C#N)cn2)CC1c1nn2c(C3CCOCC3)ncc2c(=O)[nH]1.CC1CNCC1c1nn2c(C3CCOCC3)ncc2c(=O)[nH]1.ClCc1ncc(Cl)cn1. The Labute approximate surface area is 366 Å². The molecule has 4 fully saturated rings. The maximum absolute atomic E-state index is 12.8. The molecule has 4 aliphatic heterocycles. The van der Waals surface area contributed by atoms with Crippen molar-refractivity contribution in [3.8, 4) is 6.07 Å². The van der Waals surface area contributed by atoms with Crippen molar-refractivity contribution in [2.45, 2.75) is 75.6 Å². The van der Waals surface area contributed by atoms with Gasteiger partial charge >= 0.3 is 0 Å². The normalized spacial score (nSPS) is 22.2. The maximum atomic E-state index is 12.8. The number of aromatic nitrogens is 12. The van der Waals surface area contributed by atoms with E-state index in [-0.39, 0.29) is 28.9 Å². The molecule has 0 radical (unpaired) electrons. The quantitative estimate of drug-likeness (QED) is 0.194. The summed E-state index contributed by atoms with van der Waals surface area (Å²) in [6.07, 6.45) is 13.0. The van der Waals surface area contributed by atoms with E-state index in [1.807, 2.05) is 6.07 Å². The van der Waals surface area contributed by atoms with Crippen LogP contribution in [0.3, 0.4) is 0 Å². The Morgan fingerprint density at radius 1 is 0.710 bits per heavy atom. The largest absolute Gasteiger partial charge is 0.381 e. The molecule has 0 bridgehead atoms. The molecule has 4 unspecified atom stereocenters. The van der Waals surface area contributed by atoms with Crippen molar-refractivity contribution < 1.29 is 9.47 Å². The zero-order valence-electron chi connectivity index (χ0n) is 34.6. The van der Waals surface area contributed by atoms with Crippen LogP contribution in [0.1, 0.15) is 104 Å². The van der Waals surface area contributed by atoms with Gasteiger partial charge in [-0.15, -0.1) is 11.6 Å². The standard InChI is InChI=1S/C21H24N8O2.C15H21N5O2.C5H4Cl2N2/c1-13-10-28(12-18-23-7-14(6-22)8-24-18)11-16(13)19-26-21(30)17-9-25-20(29(17)27-19)15-2-4-31-5-3-15;1-9-6-16-7-11(9)13-18-15(21)12-8-17-14(20(12)19-13)10-2-4-22-5-3-10;6-1-5-8-2-4(7)3-9-5/h7-9,13,15-16H,2-5,10-12H2,1H3,(H,26,27,30);8-11,16H,2-7H2,1H3,(H,18,19,21);2-3H,1H2. The predicted octanol–water partition coefficient (Wildman–Crippen LogP) is 3.71. The molecule has 21 heteroatoms. The molecule has 6 aromatic rings. The van der Waals surface area contributed by atoms with E-state index in [9.17, 15) is 9.59 Å². The summed E-state index contributed by atoms with van der Waals surface area (Å²) in [6.45, 7) is 11.3. The van der Waals surface area contributed by atoms with Gasteiger partial charge in [-0.1, -0.05) is 25.4 Å². The molecule has 0 aromatic carbocycles. The summed E-state index contributed by atoms with van der Waals surface area (Å²) in [4.78, 5) is 58.5. The van der Waals surface area contributed by atoms with Gasteiger partial charge in [0.05, 0.1) is 35.4 Å². The summed E-state index contributed by atoms with van der Waals surface area (Å²) in [5, 5.41) is 22.3. The number of likely N-dealkylation sites (tertiary alicyclic amines) is 1. The summed E-state index contributed by atoms with van der Waals surface area (Å²) in [7, 11) is 0. The third kappa shape index (κ3) is 9.85. The average Bonchev–Trinajstić information content (AvgIpc) is 4.12. The van der Waals surface area contributed by atoms with Crippen LogP contribution in [-0.2, 0) is 21.9 Å². The molecule has 0 aliphatic carbocycles. The number of hydrogen-bond acceptors (Lipinski definition) is 15. The first-order chi connectivity index (χ1) is 30.2. The number of rotatable bonds is 7. The number of fused-ring (bicyclic) bond motifs is 2. The van der Waals surface area contributed by atoms with Gasteiger partial charge in [0.2, 0.25) is 0 Å². The molecular formula is C41H49Cl2N15O4. The Morgan fingerprint density at radius 3 is 1.74 bits per heavy atom. The van der Waals surface area contributed by atoms with E-state index < -0.39 is 0 Å². The average molecular weight is 887 g/mol. The Bertz CT molecular complexity index is 2600. The first-order valence-corrected chi connectivity index (χ1v) is 21.9. The molecule has 3 N–H and O–H groups in total. The molecule has 0 spiro atoms. The highest BCUT2D eigenvalue weighted by Gasteiger charge is 2.34. The Hall–Kier alpha value is -5.23. The second kappa shape index (κ2) is 19.9. The lowest BCUT2D eigenvalue weighted by atomic mass is 9.97. The van der Waals surface area contributed by atoms with Crippen LogP contribution in [0.2, 0.25) is 5.02 Å². The number of halogens is 2. The highest BCUT2D eigenvalue weighted by molar-refractivity contribution is 6.30. The number of nitrogens with one attached hydrogen (secondary N) is 3. The van der Waals surface area contributed by atoms with Crippen LogP contribution in [0.25, 0.3) is 11.0 Å². The maximum Gasteiger partial charge on any atom is 0.276 e. The van der Waals surface area contributed by atoms with E-state index in [0.29, 0.717) is 82.5 Å². The minimum absolute atomic E-state index is 0.0976. The van der Waals surface area contributed by atoms with Gasteiger partial charge < -0.3 is 24.8 Å². The van der Waals surface area contributed by atoms with Crippen molar-refractivity contribution in [3.05, 3.63) is 103 Å². The number of aromatic amines is 2. The van der Waals surface area contributed by atoms with Crippen LogP contribution in [-0.4, -0.2) is 117 Å². The van der Waals surface area contributed by atoms with Crippen LogP contribution in [0, 0.1) is 23.2 Å². The fraction of sp³-hybridized carbons (Fsp3) is 0.537. The summed E-state index contributed by atoms with van der Waals surface area (Å²) in [6, 6.07) is 2.03. The Morgan fingerprint density at radius 2 is 1.24 bits per heavy atom. The molecule has 4 atom stereocenters. The van der Waals surface area contributed by atoms with Crippen LogP contribution in [0.15, 0.2) is 46.8 Å². The number of imidazole rings is 2. The van der Waals surface area contributed by atoms with E-state index in [1.165, 1.54) is 12.4 Å². The zero-order chi connectivity index (χ0) is 43.2. The fourth-order valence-electron chi connectivity index (χ4n) is 8.50. The van der Waals surface area contributed by atoms with E-state index in [0.717, 1.165) is 82.5 Å². The summed E-state index contributed by atoms with van der Waals surface area (Å²) < 4.78 is 14.4. The lowest BCUT2D eigenvalue weighted by molar-refractivity contribution is 0.0831. The third-order valence-corrected chi connectivity index (χ3v) is 12.4. The minimum Gasteiger partial charge on any atom is -0.381 e. The van der Waals surface area contributed by atoms with Gasteiger partial charge in [0.25, 0.3) is 11.1 Å². The molecule has 6 aromatic heterocycles. The van der Waals surface area contributed by atoms with Crippen molar-refractivity contribution in [1.82, 2.24) is 69.3 Å². The zero-order valence-corrected chi connectivity index (χ0v) is 36.1. The van der Waals surface area contributed by atoms with Gasteiger partial charge in [0.15, 0.2) is 11.0 Å². The highest BCUT2D eigenvalue weighted by Crippen LogP contribution is 2.32. The van der Waals surface area contributed by atoms with Gasteiger partial charge in [-0.05, 0) is 44.1 Å². The summed E-state index contributed by atoms with van der Waals surface area (Å²) in [5.41, 5.74) is 1.21. The summed E-state index contributed by atoms with van der Waals surface area (Å²) in [5.74, 6) is 6.51. The molecule has 0 saturated carbocycles. The second-order valence-electron chi connectivity index (χ2n) is 16.2. The van der Waals surface area contributed by atoms with Crippen LogP contribution in [0.5, 0.6) is 0 Å². The molecule has 10 heterocycles. The third-order valence-electron chi connectivity index (χ3n) is 12.0. The lowest BCUT2D eigenvalue weighted by Crippen LogP contribution is -2.24. The van der Waals surface area contributed by atoms with Crippen molar-refractivity contribution in [2.24, 2.45) is 11.8 Å². The van der Waals surface area contributed by atoms with Gasteiger partial charge in [-0.3, -0.25) is 14.5 Å². The van der Waals surface area contributed by atoms with Gasteiger partial charge in [0.1, 0.15) is 41.0 Å². The Kier molecular flexibility index (Phi) is 13.9.